The first kappa shape index (κ1) is 12.2. The van der Waals surface area contributed by atoms with Crippen LogP contribution >= 0.6 is 12.4 Å². The largest absolute Gasteiger partial charge is 0.505 e. The van der Waals surface area contributed by atoms with Gasteiger partial charge in [0.2, 0.25) is 0 Å². The Kier molecular flexibility index (Phi) is 4.32. The smallest absolute Gasteiger partial charge is 0.165 e. The Hall–Kier alpha value is -0.840. The zero-order valence-electron chi connectivity index (χ0n) is 8.07. The lowest BCUT2D eigenvalue weighted by atomic mass is 10.1. The Balaban J connectivity index is 0.00000112. The van der Waals surface area contributed by atoms with Gasteiger partial charge >= 0.3 is 0 Å². The summed E-state index contributed by atoms with van der Waals surface area (Å²) in [6.07, 6.45) is 0. The standard InChI is InChI=1S/C10H12FNO2.ClH/c11-8-3-1-2-7(10(8)13)9-6-14-5-4-12-9;/h1-3,9,12-13H,4-6H2;1H/t9-;/m1./s1. The van der Waals surface area contributed by atoms with E-state index in [4.69, 9.17) is 4.74 Å². The predicted octanol–water partition coefficient (Wildman–Crippen LogP) is 1.61. The Morgan fingerprint density at radius 1 is 1.47 bits per heavy atom. The van der Waals surface area contributed by atoms with E-state index in [9.17, 15) is 9.50 Å². The minimum absolute atomic E-state index is 0. The molecule has 0 amide bonds. The van der Waals surface area contributed by atoms with E-state index in [1.54, 1.807) is 12.1 Å². The number of para-hydroxylation sites is 1. The maximum Gasteiger partial charge on any atom is 0.165 e. The maximum absolute atomic E-state index is 13.0. The average molecular weight is 234 g/mol. The van der Waals surface area contributed by atoms with Gasteiger partial charge in [-0.05, 0) is 6.07 Å². The summed E-state index contributed by atoms with van der Waals surface area (Å²) in [5, 5.41) is 12.6. The van der Waals surface area contributed by atoms with Gasteiger partial charge in [0.05, 0.1) is 19.3 Å². The van der Waals surface area contributed by atoms with Crippen LogP contribution in [-0.4, -0.2) is 24.9 Å². The lowest BCUT2D eigenvalue weighted by Crippen LogP contribution is -2.34. The molecule has 3 nitrogen and oxygen atoms in total. The molecule has 1 aliphatic rings. The summed E-state index contributed by atoms with van der Waals surface area (Å²) >= 11 is 0. The molecule has 1 saturated heterocycles. The molecule has 5 heteroatoms. The van der Waals surface area contributed by atoms with Crippen molar-refractivity contribution in [3.8, 4) is 5.75 Å². The van der Waals surface area contributed by atoms with Gasteiger partial charge in [0.15, 0.2) is 11.6 Å². The number of morpholine rings is 1. The highest BCUT2D eigenvalue weighted by Crippen LogP contribution is 2.27. The highest BCUT2D eigenvalue weighted by molar-refractivity contribution is 5.85. The molecular weight excluding hydrogens is 221 g/mol. The van der Waals surface area contributed by atoms with Gasteiger partial charge < -0.3 is 15.2 Å². The van der Waals surface area contributed by atoms with E-state index in [0.717, 1.165) is 6.54 Å². The van der Waals surface area contributed by atoms with Crippen LogP contribution in [0.5, 0.6) is 5.75 Å². The molecule has 1 fully saturated rings. The fourth-order valence-corrected chi connectivity index (χ4v) is 1.58. The van der Waals surface area contributed by atoms with Crippen LogP contribution in [0.1, 0.15) is 11.6 Å². The second kappa shape index (κ2) is 5.30. The summed E-state index contributed by atoms with van der Waals surface area (Å²) in [5.74, 6) is -0.870. The predicted molar refractivity (Wildman–Crippen MR) is 56.9 cm³/mol. The van der Waals surface area contributed by atoms with Crippen LogP contribution in [0, 0.1) is 5.82 Å². The van der Waals surface area contributed by atoms with Gasteiger partial charge in [-0.25, -0.2) is 4.39 Å². The van der Waals surface area contributed by atoms with Crippen molar-refractivity contribution in [2.45, 2.75) is 6.04 Å². The molecule has 0 bridgehead atoms. The Morgan fingerprint density at radius 2 is 2.27 bits per heavy atom. The third-order valence-corrected chi connectivity index (χ3v) is 2.32. The summed E-state index contributed by atoms with van der Waals surface area (Å²) in [5.41, 5.74) is 0.560. The molecule has 0 unspecified atom stereocenters. The first-order chi connectivity index (χ1) is 6.79. The van der Waals surface area contributed by atoms with Gasteiger partial charge in [-0.15, -0.1) is 12.4 Å². The monoisotopic (exact) mass is 233 g/mol. The van der Waals surface area contributed by atoms with E-state index in [1.807, 2.05) is 0 Å². The van der Waals surface area contributed by atoms with Crippen LogP contribution in [0.4, 0.5) is 4.39 Å². The quantitative estimate of drug-likeness (QED) is 0.775. The number of hydrogen-bond acceptors (Lipinski definition) is 3. The first-order valence-electron chi connectivity index (χ1n) is 4.57. The summed E-state index contributed by atoms with van der Waals surface area (Å²) in [6.45, 7) is 1.85. The molecule has 1 aliphatic heterocycles. The molecule has 84 valence electrons. The van der Waals surface area contributed by atoms with Crippen LogP contribution < -0.4 is 5.32 Å². The average Bonchev–Trinajstić information content (AvgIpc) is 2.23. The fourth-order valence-electron chi connectivity index (χ4n) is 1.58. The second-order valence-corrected chi connectivity index (χ2v) is 3.26. The molecular formula is C10H13ClFNO2. The summed E-state index contributed by atoms with van der Waals surface area (Å²) in [4.78, 5) is 0. The SMILES string of the molecule is Cl.Oc1c(F)cccc1[C@H]1COCCN1. The van der Waals surface area contributed by atoms with Gasteiger partial charge in [0.1, 0.15) is 0 Å². The highest BCUT2D eigenvalue weighted by atomic mass is 35.5. The molecule has 1 aromatic rings. The molecule has 0 spiro atoms. The van der Waals surface area contributed by atoms with E-state index in [1.165, 1.54) is 6.07 Å². The van der Waals surface area contributed by atoms with Crippen LogP contribution in [0.2, 0.25) is 0 Å². The van der Waals surface area contributed by atoms with E-state index in [-0.39, 0.29) is 24.2 Å². The van der Waals surface area contributed by atoms with Crippen LogP contribution in [-0.2, 0) is 4.74 Å². The van der Waals surface area contributed by atoms with E-state index >= 15 is 0 Å². The summed E-state index contributed by atoms with van der Waals surface area (Å²) in [7, 11) is 0. The van der Waals surface area contributed by atoms with Gasteiger partial charge in [-0.3, -0.25) is 0 Å². The van der Waals surface area contributed by atoms with E-state index < -0.39 is 5.82 Å². The van der Waals surface area contributed by atoms with Crippen molar-refractivity contribution >= 4 is 12.4 Å². The van der Waals surface area contributed by atoms with Crippen LogP contribution in [0.3, 0.4) is 0 Å². The Bertz CT molecular complexity index is 329. The van der Waals surface area contributed by atoms with Crippen molar-refractivity contribution < 1.29 is 14.2 Å². The summed E-state index contributed by atoms with van der Waals surface area (Å²) < 4.78 is 18.3. The number of benzene rings is 1. The molecule has 0 aliphatic carbocycles. The van der Waals surface area contributed by atoms with Crippen LogP contribution in [0.25, 0.3) is 0 Å². The normalized spacial score (nSPS) is 20.7. The topological polar surface area (TPSA) is 41.5 Å². The molecule has 0 aromatic heterocycles. The molecule has 15 heavy (non-hydrogen) atoms. The minimum atomic E-state index is -0.588. The van der Waals surface area contributed by atoms with Gasteiger partial charge in [-0.1, -0.05) is 12.1 Å². The van der Waals surface area contributed by atoms with Crippen molar-refractivity contribution in [1.82, 2.24) is 5.32 Å². The number of nitrogens with one attached hydrogen (secondary N) is 1. The zero-order chi connectivity index (χ0) is 9.97. The van der Waals surface area contributed by atoms with Gasteiger partial charge in [-0.2, -0.15) is 0 Å². The first-order valence-corrected chi connectivity index (χ1v) is 4.57. The zero-order valence-corrected chi connectivity index (χ0v) is 8.89. The molecule has 1 heterocycles. The third kappa shape index (κ3) is 2.59. The van der Waals surface area contributed by atoms with Gasteiger partial charge in [0.25, 0.3) is 0 Å². The fraction of sp³-hybridized carbons (Fsp3) is 0.400. The number of aromatic hydroxyl groups is 1. The van der Waals surface area contributed by atoms with Gasteiger partial charge in [0, 0.05) is 12.1 Å². The van der Waals surface area contributed by atoms with Crippen molar-refractivity contribution in [3.05, 3.63) is 29.6 Å². The number of halogens is 2. The van der Waals surface area contributed by atoms with Crippen molar-refractivity contribution in [2.24, 2.45) is 0 Å². The van der Waals surface area contributed by atoms with E-state index in [0.29, 0.717) is 18.8 Å². The van der Waals surface area contributed by atoms with Crippen molar-refractivity contribution in [3.63, 3.8) is 0 Å². The molecule has 2 N–H and O–H groups in total. The molecule has 0 saturated carbocycles. The van der Waals surface area contributed by atoms with Crippen LogP contribution in [0.15, 0.2) is 18.2 Å². The molecule has 2 rings (SSSR count). The molecule has 1 atom stereocenters. The van der Waals surface area contributed by atoms with Crippen molar-refractivity contribution in [2.75, 3.05) is 19.8 Å². The highest BCUT2D eigenvalue weighted by Gasteiger charge is 2.19. The number of ether oxygens (including phenoxy) is 1. The summed E-state index contributed by atoms with van der Waals surface area (Å²) in [6, 6.07) is 4.41. The lowest BCUT2D eigenvalue weighted by molar-refractivity contribution is 0.0759. The number of rotatable bonds is 1. The minimum Gasteiger partial charge on any atom is -0.505 e. The Morgan fingerprint density at radius 3 is 2.93 bits per heavy atom. The Labute approximate surface area is 93.7 Å². The number of phenols is 1. The molecule has 1 aromatic carbocycles. The second-order valence-electron chi connectivity index (χ2n) is 3.26. The van der Waals surface area contributed by atoms with Crippen molar-refractivity contribution in [1.29, 1.82) is 0 Å². The maximum atomic E-state index is 13.0. The number of phenolic OH excluding ortho intramolecular Hbond substituents is 1. The lowest BCUT2D eigenvalue weighted by Gasteiger charge is -2.24. The number of hydrogen-bond donors (Lipinski definition) is 2. The molecule has 0 radical (unpaired) electrons. The third-order valence-electron chi connectivity index (χ3n) is 2.32. The van der Waals surface area contributed by atoms with E-state index in [2.05, 4.69) is 5.32 Å².